The average molecular weight is 396 g/mol. The molecule has 0 saturated heterocycles. The highest BCUT2D eigenvalue weighted by molar-refractivity contribution is 6.53. The van der Waals surface area contributed by atoms with Gasteiger partial charge >= 0.3 is 12.6 Å². The molecule has 1 aliphatic rings. The fourth-order valence-corrected chi connectivity index (χ4v) is 2.85. The maximum Gasteiger partial charge on any atom is 0.387 e. The topological polar surface area (TPSA) is 55.8 Å². The molecule has 0 aromatic heterocycles. The van der Waals surface area contributed by atoms with Crippen LogP contribution in [0.3, 0.4) is 0 Å². The molecule has 1 aromatic rings. The van der Waals surface area contributed by atoms with Gasteiger partial charge in [-0.25, -0.2) is 0 Å². The number of hydrogen-bond donors (Lipinski definition) is 0. The van der Waals surface area contributed by atoms with Gasteiger partial charge < -0.3 is 14.4 Å². The molecule has 1 saturated carbocycles. The second kappa shape index (κ2) is 7.33. The lowest BCUT2D eigenvalue weighted by Gasteiger charge is -2.18. The number of alkyl halides is 4. The van der Waals surface area contributed by atoms with Crippen LogP contribution < -0.4 is 4.74 Å². The predicted octanol–water partition coefficient (Wildman–Crippen LogP) is 3.37. The Balaban J connectivity index is 1.81. The Morgan fingerprint density at radius 3 is 2.32 bits per heavy atom. The number of likely N-dealkylation sites (N-methyl/N-ethyl adjacent to an activating group) is 1. The van der Waals surface area contributed by atoms with E-state index in [1.165, 1.54) is 24.1 Å². The van der Waals surface area contributed by atoms with Crippen molar-refractivity contribution in [1.29, 1.82) is 0 Å². The molecule has 0 aliphatic heterocycles. The second-order valence-corrected chi connectivity index (χ2v) is 7.55. The summed E-state index contributed by atoms with van der Waals surface area (Å²) in [4.78, 5) is 25.3. The molecule has 0 heterocycles. The number of carbonyl (C=O) groups is 2. The number of halogens is 4. The van der Waals surface area contributed by atoms with Gasteiger partial charge in [-0.15, -0.1) is 23.2 Å². The van der Waals surface area contributed by atoms with Crippen LogP contribution in [0.25, 0.3) is 0 Å². The highest BCUT2D eigenvalue weighted by Gasteiger charge is 2.69. The van der Waals surface area contributed by atoms with Crippen molar-refractivity contribution in [3.63, 3.8) is 0 Å². The molecule has 25 heavy (non-hydrogen) atoms. The van der Waals surface area contributed by atoms with Crippen molar-refractivity contribution in [1.82, 2.24) is 4.90 Å². The highest BCUT2D eigenvalue weighted by Crippen LogP contribution is 2.64. The van der Waals surface area contributed by atoms with E-state index in [0.717, 1.165) is 0 Å². The lowest BCUT2D eigenvalue weighted by molar-refractivity contribution is -0.156. The Kier molecular flexibility index (Phi) is 5.79. The number of benzene rings is 1. The van der Waals surface area contributed by atoms with Gasteiger partial charge in [-0.1, -0.05) is 12.1 Å². The van der Waals surface area contributed by atoms with Crippen molar-refractivity contribution >= 4 is 35.1 Å². The minimum Gasteiger partial charge on any atom is -0.455 e. The fourth-order valence-electron chi connectivity index (χ4n) is 2.16. The summed E-state index contributed by atoms with van der Waals surface area (Å²) in [5.41, 5.74) is -0.284. The Labute approximate surface area is 153 Å². The molecule has 1 unspecified atom stereocenters. The molecule has 0 spiro atoms. The first-order valence-electron chi connectivity index (χ1n) is 7.38. The monoisotopic (exact) mass is 395 g/mol. The first-order valence-corrected chi connectivity index (χ1v) is 8.13. The summed E-state index contributed by atoms with van der Waals surface area (Å²) in [6.07, 6.45) is 0.277. The second-order valence-electron chi connectivity index (χ2n) is 6.06. The SMILES string of the molecule is CN(Cc1ccc(OC(F)F)cc1)C(=O)COC(=O)C1(C)CC1(Cl)Cl. The van der Waals surface area contributed by atoms with Gasteiger partial charge in [0.25, 0.3) is 5.91 Å². The Morgan fingerprint density at radius 2 is 1.84 bits per heavy atom. The quantitative estimate of drug-likeness (QED) is 0.524. The van der Waals surface area contributed by atoms with E-state index in [2.05, 4.69) is 4.74 Å². The zero-order valence-electron chi connectivity index (χ0n) is 13.6. The van der Waals surface area contributed by atoms with Crippen molar-refractivity contribution in [2.75, 3.05) is 13.7 Å². The molecular weight excluding hydrogens is 379 g/mol. The summed E-state index contributed by atoms with van der Waals surface area (Å²) in [7, 11) is 1.53. The number of hydrogen-bond acceptors (Lipinski definition) is 4. The molecule has 0 radical (unpaired) electrons. The zero-order valence-corrected chi connectivity index (χ0v) is 15.1. The van der Waals surface area contributed by atoms with Crippen LogP contribution in [0.5, 0.6) is 5.75 Å². The minimum absolute atomic E-state index is 0.0324. The molecule has 138 valence electrons. The van der Waals surface area contributed by atoms with Crippen LogP contribution in [0.15, 0.2) is 24.3 Å². The number of carbonyl (C=O) groups excluding carboxylic acids is 2. The number of esters is 1. The van der Waals surface area contributed by atoms with Crippen LogP contribution in [0, 0.1) is 5.41 Å². The van der Waals surface area contributed by atoms with Gasteiger partial charge in [0, 0.05) is 20.0 Å². The predicted molar refractivity (Wildman–Crippen MR) is 87.7 cm³/mol. The lowest BCUT2D eigenvalue weighted by Crippen LogP contribution is -2.32. The number of ether oxygens (including phenoxy) is 2. The molecule has 0 N–H and O–H groups in total. The normalized spacial score (nSPS) is 20.9. The van der Waals surface area contributed by atoms with E-state index < -0.39 is 34.8 Å². The van der Waals surface area contributed by atoms with Gasteiger partial charge in [0.15, 0.2) is 6.61 Å². The summed E-state index contributed by atoms with van der Waals surface area (Å²) in [5, 5.41) is 0. The molecule has 1 amide bonds. The molecule has 1 aliphatic carbocycles. The van der Waals surface area contributed by atoms with Crippen molar-refractivity contribution in [3.05, 3.63) is 29.8 Å². The summed E-state index contributed by atoms with van der Waals surface area (Å²) in [6, 6.07) is 5.89. The molecule has 5 nitrogen and oxygen atoms in total. The van der Waals surface area contributed by atoms with E-state index >= 15 is 0 Å². The Bertz CT molecular complexity index is 654. The standard InChI is InChI=1S/C16H17Cl2F2NO4/c1-15(9-16(15,17)18)13(23)24-8-12(22)21(2)7-10-3-5-11(6-4-10)25-14(19)20/h3-6,14H,7-9H2,1-2H3. The highest BCUT2D eigenvalue weighted by atomic mass is 35.5. The molecule has 9 heteroatoms. The summed E-state index contributed by atoms with van der Waals surface area (Å²) in [5.74, 6) is -1.00. The van der Waals surface area contributed by atoms with Gasteiger partial charge in [0.1, 0.15) is 15.5 Å². The van der Waals surface area contributed by atoms with Crippen molar-refractivity contribution in [2.24, 2.45) is 5.41 Å². The van der Waals surface area contributed by atoms with Gasteiger partial charge in [-0.3, -0.25) is 9.59 Å². The summed E-state index contributed by atoms with van der Waals surface area (Å²) >= 11 is 11.8. The molecule has 0 bridgehead atoms. The first kappa shape index (κ1) is 19.7. The van der Waals surface area contributed by atoms with E-state index in [9.17, 15) is 18.4 Å². The third-order valence-corrected chi connectivity index (χ3v) is 5.13. The fraction of sp³-hybridized carbons (Fsp3) is 0.500. The van der Waals surface area contributed by atoms with E-state index in [1.54, 1.807) is 19.1 Å². The van der Waals surface area contributed by atoms with Gasteiger partial charge in [-0.05, 0) is 24.6 Å². The first-order chi connectivity index (χ1) is 11.5. The maximum absolute atomic E-state index is 12.1. The maximum atomic E-state index is 12.1. The van der Waals surface area contributed by atoms with Crippen molar-refractivity contribution < 1.29 is 27.8 Å². The summed E-state index contributed by atoms with van der Waals surface area (Å²) in [6.45, 7) is -1.52. The van der Waals surface area contributed by atoms with Crippen molar-refractivity contribution in [2.45, 2.75) is 30.8 Å². The van der Waals surface area contributed by atoms with Crippen LogP contribution in [0.4, 0.5) is 8.78 Å². The molecule has 2 rings (SSSR count). The minimum atomic E-state index is -2.89. The number of rotatable bonds is 7. The Morgan fingerprint density at radius 1 is 1.28 bits per heavy atom. The average Bonchev–Trinajstić information content (AvgIpc) is 3.05. The smallest absolute Gasteiger partial charge is 0.387 e. The van der Waals surface area contributed by atoms with Crippen LogP contribution in [0.1, 0.15) is 18.9 Å². The van der Waals surface area contributed by atoms with E-state index in [-0.39, 0.29) is 18.7 Å². The van der Waals surface area contributed by atoms with Crippen molar-refractivity contribution in [3.8, 4) is 5.75 Å². The number of nitrogens with zero attached hydrogens (tertiary/aromatic N) is 1. The molecule has 1 atom stereocenters. The largest absolute Gasteiger partial charge is 0.455 e. The molecule has 1 aromatic carbocycles. The number of amides is 1. The van der Waals surface area contributed by atoms with Crippen LogP contribution in [-0.2, 0) is 20.9 Å². The summed E-state index contributed by atoms with van der Waals surface area (Å²) < 4.78 is 32.3. The van der Waals surface area contributed by atoms with Gasteiger partial charge in [-0.2, -0.15) is 8.78 Å². The zero-order chi connectivity index (χ0) is 18.8. The molecular formula is C16H17Cl2F2NO4. The van der Waals surface area contributed by atoms with E-state index in [4.69, 9.17) is 27.9 Å². The Hall–Kier alpha value is -1.60. The molecule has 1 fully saturated rings. The van der Waals surface area contributed by atoms with E-state index in [1.807, 2.05) is 0 Å². The van der Waals surface area contributed by atoms with E-state index in [0.29, 0.717) is 5.56 Å². The third kappa shape index (κ3) is 4.73. The van der Waals surface area contributed by atoms with Crippen LogP contribution in [0.2, 0.25) is 0 Å². The van der Waals surface area contributed by atoms with Gasteiger partial charge in [0.2, 0.25) is 0 Å². The van der Waals surface area contributed by atoms with Crippen LogP contribution in [-0.4, -0.2) is 41.4 Å². The van der Waals surface area contributed by atoms with Crippen LogP contribution >= 0.6 is 23.2 Å². The third-order valence-electron chi connectivity index (χ3n) is 4.03. The van der Waals surface area contributed by atoms with Gasteiger partial charge in [0.05, 0.1) is 0 Å². The lowest BCUT2D eigenvalue weighted by atomic mass is 10.1.